The molecule has 0 fully saturated rings. The Morgan fingerprint density at radius 2 is 1.61 bits per heavy atom. The Morgan fingerprint density at radius 1 is 1.03 bits per heavy atom. The van der Waals surface area contributed by atoms with Crippen molar-refractivity contribution in [2.75, 3.05) is 13.6 Å². The number of aliphatic carboxylic acids is 3. The van der Waals surface area contributed by atoms with Crippen molar-refractivity contribution in [3.05, 3.63) is 52.2 Å². The standard InChI is InChI=1S/C15H19NOS.C6H8O7/c1-12-8-9-15(18-12)14(10-11-16-2)17-13-6-4-3-5-7-13;7-3(8)1-6(13,5(11)12)2-4(9)10/h3-9,14,16H,10-11H2,1-2H3;13H,1-2H2,(H,7,8)(H,9,10)(H,11,12). The fourth-order valence-electron chi connectivity index (χ4n) is 2.54. The van der Waals surface area contributed by atoms with E-state index in [1.807, 2.05) is 48.7 Å². The van der Waals surface area contributed by atoms with Crippen molar-refractivity contribution in [3.8, 4) is 5.75 Å². The minimum absolute atomic E-state index is 0.138. The second kappa shape index (κ2) is 12.7. The molecule has 1 atom stereocenters. The second-order valence-electron chi connectivity index (χ2n) is 6.74. The van der Waals surface area contributed by atoms with Crippen LogP contribution in [-0.4, -0.2) is 57.5 Å². The van der Waals surface area contributed by atoms with Crippen molar-refractivity contribution in [2.24, 2.45) is 0 Å². The minimum atomic E-state index is -2.74. The molecule has 0 aliphatic carbocycles. The number of thiophene rings is 1. The number of para-hydroxylation sites is 1. The summed E-state index contributed by atoms with van der Waals surface area (Å²) in [6.07, 6.45) is -1.17. The summed E-state index contributed by atoms with van der Waals surface area (Å²) in [6, 6.07) is 14.3. The molecule has 1 unspecified atom stereocenters. The van der Waals surface area contributed by atoms with Gasteiger partial charge in [-0.05, 0) is 44.8 Å². The Morgan fingerprint density at radius 3 is 2.03 bits per heavy atom. The van der Waals surface area contributed by atoms with Crippen LogP contribution in [0, 0.1) is 6.92 Å². The van der Waals surface area contributed by atoms with E-state index in [4.69, 9.17) is 25.2 Å². The van der Waals surface area contributed by atoms with Gasteiger partial charge in [-0.3, -0.25) is 9.59 Å². The highest BCUT2D eigenvalue weighted by molar-refractivity contribution is 7.12. The first-order valence-corrected chi connectivity index (χ1v) is 10.2. The first-order valence-electron chi connectivity index (χ1n) is 9.39. The molecule has 5 N–H and O–H groups in total. The Balaban J connectivity index is 0.000000330. The minimum Gasteiger partial charge on any atom is -0.485 e. The smallest absolute Gasteiger partial charge is 0.336 e. The zero-order valence-electron chi connectivity index (χ0n) is 17.3. The van der Waals surface area contributed by atoms with Crippen LogP contribution in [0.4, 0.5) is 0 Å². The van der Waals surface area contributed by atoms with Crippen LogP contribution in [0.25, 0.3) is 0 Å². The highest BCUT2D eigenvalue weighted by Crippen LogP contribution is 2.29. The van der Waals surface area contributed by atoms with Crippen molar-refractivity contribution in [1.82, 2.24) is 5.32 Å². The molecule has 170 valence electrons. The van der Waals surface area contributed by atoms with E-state index in [-0.39, 0.29) is 6.10 Å². The number of aliphatic hydroxyl groups is 1. The third kappa shape index (κ3) is 9.60. The van der Waals surface area contributed by atoms with E-state index in [0.29, 0.717) is 0 Å². The molecule has 10 heteroatoms. The molecule has 0 aliphatic heterocycles. The van der Waals surface area contributed by atoms with E-state index in [1.165, 1.54) is 9.75 Å². The number of aryl methyl sites for hydroxylation is 1. The third-order valence-electron chi connectivity index (χ3n) is 4.04. The molecule has 0 aliphatic rings. The lowest BCUT2D eigenvalue weighted by molar-refractivity contribution is -0.170. The van der Waals surface area contributed by atoms with Crippen LogP contribution in [-0.2, 0) is 14.4 Å². The van der Waals surface area contributed by atoms with Gasteiger partial charge >= 0.3 is 17.9 Å². The molecule has 2 rings (SSSR count). The monoisotopic (exact) mass is 453 g/mol. The van der Waals surface area contributed by atoms with Crippen LogP contribution < -0.4 is 10.1 Å². The maximum absolute atomic E-state index is 10.3. The van der Waals surface area contributed by atoms with Crippen LogP contribution in [0.5, 0.6) is 5.75 Å². The first-order chi connectivity index (χ1) is 14.6. The van der Waals surface area contributed by atoms with Gasteiger partial charge in [0.25, 0.3) is 0 Å². The largest absolute Gasteiger partial charge is 0.485 e. The summed E-state index contributed by atoms with van der Waals surface area (Å²) in [7, 11) is 1.97. The fraction of sp³-hybridized carbons (Fsp3) is 0.381. The maximum atomic E-state index is 10.3. The molecule has 9 nitrogen and oxygen atoms in total. The SMILES string of the molecule is CNCCC(Oc1ccccc1)c1ccc(C)s1.O=C(O)CC(O)(CC(=O)O)C(=O)O. The van der Waals surface area contributed by atoms with Gasteiger partial charge in [-0.25, -0.2) is 4.79 Å². The molecule has 0 saturated heterocycles. The molecule has 0 spiro atoms. The van der Waals surface area contributed by atoms with Gasteiger partial charge in [0, 0.05) is 16.2 Å². The van der Waals surface area contributed by atoms with Gasteiger partial charge in [-0.2, -0.15) is 0 Å². The van der Waals surface area contributed by atoms with E-state index in [9.17, 15) is 14.4 Å². The number of carboxylic acid groups (broad SMARTS) is 3. The van der Waals surface area contributed by atoms with Crippen LogP contribution in [0.3, 0.4) is 0 Å². The van der Waals surface area contributed by atoms with Gasteiger partial charge < -0.3 is 30.5 Å². The molecule has 1 heterocycles. The summed E-state index contributed by atoms with van der Waals surface area (Å²) in [5, 5.41) is 37.0. The Hall–Kier alpha value is -2.95. The Labute approximate surface area is 183 Å². The normalized spacial score (nSPS) is 11.7. The van der Waals surface area contributed by atoms with Crippen LogP contribution >= 0.6 is 11.3 Å². The number of benzene rings is 1. The summed E-state index contributed by atoms with van der Waals surface area (Å²) in [5.74, 6) is -4.08. The summed E-state index contributed by atoms with van der Waals surface area (Å²) in [4.78, 5) is 33.1. The molecular weight excluding hydrogens is 426 g/mol. The number of ether oxygens (including phenoxy) is 1. The summed E-state index contributed by atoms with van der Waals surface area (Å²) < 4.78 is 6.09. The molecule has 1 aromatic heterocycles. The second-order valence-corrected chi connectivity index (χ2v) is 8.06. The predicted octanol–water partition coefficient (Wildman–Crippen LogP) is 2.54. The van der Waals surface area contributed by atoms with Gasteiger partial charge in [0.2, 0.25) is 0 Å². The molecule has 31 heavy (non-hydrogen) atoms. The number of nitrogens with one attached hydrogen (secondary N) is 1. The lowest BCUT2D eigenvalue weighted by Crippen LogP contribution is -2.42. The molecule has 2 aromatic rings. The number of carboxylic acids is 3. The zero-order chi connectivity index (χ0) is 23.4. The zero-order valence-corrected chi connectivity index (χ0v) is 18.1. The Bertz CT molecular complexity index is 836. The molecule has 0 bridgehead atoms. The molecular formula is C21H27NO8S. The summed E-state index contributed by atoms with van der Waals surface area (Å²) in [6.45, 7) is 3.08. The van der Waals surface area contributed by atoms with Gasteiger partial charge in [-0.15, -0.1) is 11.3 Å². The average Bonchev–Trinajstić information content (AvgIpc) is 3.11. The van der Waals surface area contributed by atoms with E-state index in [0.717, 1.165) is 18.7 Å². The van der Waals surface area contributed by atoms with E-state index >= 15 is 0 Å². The van der Waals surface area contributed by atoms with Gasteiger partial charge in [0.15, 0.2) is 5.60 Å². The van der Waals surface area contributed by atoms with Crippen molar-refractivity contribution < 1.29 is 39.5 Å². The topological polar surface area (TPSA) is 153 Å². The quantitative estimate of drug-likeness (QED) is 0.345. The lowest BCUT2D eigenvalue weighted by atomic mass is 9.96. The van der Waals surface area contributed by atoms with Crippen molar-refractivity contribution in [2.45, 2.75) is 37.9 Å². The maximum Gasteiger partial charge on any atom is 0.336 e. The fourth-order valence-corrected chi connectivity index (χ4v) is 3.48. The first kappa shape index (κ1) is 26.1. The van der Waals surface area contributed by atoms with E-state index in [2.05, 4.69) is 24.4 Å². The van der Waals surface area contributed by atoms with Gasteiger partial charge in [0.1, 0.15) is 11.9 Å². The molecule has 1 aromatic carbocycles. The number of hydrogen-bond acceptors (Lipinski definition) is 7. The van der Waals surface area contributed by atoms with Crippen molar-refractivity contribution in [1.29, 1.82) is 0 Å². The number of hydrogen-bond donors (Lipinski definition) is 5. The Kier molecular flexibility index (Phi) is 10.7. The van der Waals surface area contributed by atoms with Gasteiger partial charge in [0.05, 0.1) is 12.8 Å². The third-order valence-corrected chi connectivity index (χ3v) is 5.13. The van der Waals surface area contributed by atoms with Gasteiger partial charge in [-0.1, -0.05) is 18.2 Å². The van der Waals surface area contributed by atoms with Crippen LogP contribution in [0.2, 0.25) is 0 Å². The van der Waals surface area contributed by atoms with E-state index in [1.54, 1.807) is 0 Å². The number of carbonyl (C=O) groups is 3. The summed E-state index contributed by atoms with van der Waals surface area (Å²) in [5.41, 5.74) is -2.74. The molecule has 0 amide bonds. The molecule has 0 radical (unpaired) electrons. The lowest BCUT2D eigenvalue weighted by Gasteiger charge is -2.18. The predicted molar refractivity (Wildman–Crippen MR) is 115 cm³/mol. The van der Waals surface area contributed by atoms with Crippen LogP contribution in [0.1, 0.15) is 35.1 Å². The number of rotatable bonds is 11. The highest BCUT2D eigenvalue weighted by Gasteiger charge is 2.40. The summed E-state index contributed by atoms with van der Waals surface area (Å²) >= 11 is 1.81. The van der Waals surface area contributed by atoms with Crippen LogP contribution in [0.15, 0.2) is 42.5 Å². The average molecular weight is 454 g/mol. The van der Waals surface area contributed by atoms with Crippen molar-refractivity contribution >= 4 is 29.2 Å². The highest BCUT2D eigenvalue weighted by atomic mass is 32.1. The van der Waals surface area contributed by atoms with Crippen molar-refractivity contribution in [3.63, 3.8) is 0 Å². The molecule has 0 saturated carbocycles. The van der Waals surface area contributed by atoms with E-state index < -0.39 is 36.4 Å².